The summed E-state index contributed by atoms with van der Waals surface area (Å²) in [5.74, 6) is 0.797. The minimum Gasteiger partial charge on any atom is -0.310 e. The third-order valence-electron chi connectivity index (χ3n) is 3.26. The highest BCUT2D eigenvalue weighted by molar-refractivity contribution is 6.32. The van der Waals surface area contributed by atoms with Crippen molar-refractivity contribution in [2.45, 2.75) is 39.2 Å². The van der Waals surface area contributed by atoms with Gasteiger partial charge in [-0.3, -0.25) is 0 Å². The Morgan fingerprint density at radius 1 is 1.44 bits per heavy atom. The molecule has 88 valence electrons. The zero-order valence-electron chi connectivity index (χ0n) is 10.1. The van der Waals surface area contributed by atoms with Gasteiger partial charge in [-0.15, -0.1) is 0 Å². The van der Waals surface area contributed by atoms with E-state index in [0.29, 0.717) is 6.04 Å². The molecule has 1 aliphatic rings. The van der Waals surface area contributed by atoms with Gasteiger partial charge in [0.1, 0.15) is 0 Å². The molecule has 0 saturated heterocycles. The fourth-order valence-electron chi connectivity index (χ4n) is 2.17. The lowest BCUT2D eigenvalue weighted by molar-refractivity contribution is 0.481. The van der Waals surface area contributed by atoms with Crippen LogP contribution in [0.5, 0.6) is 0 Å². The smallest absolute Gasteiger partial charge is 0.0483 e. The standard InChI is InChI=1S/C14H20ClN/c1-3-9-16-14(11-7-8-11)12-6-4-5-10(2)13(12)15/h4-6,11,14,16H,3,7-9H2,1-2H3. The quantitative estimate of drug-likeness (QED) is 0.813. The predicted octanol–water partition coefficient (Wildman–Crippen LogP) is 4.10. The lowest BCUT2D eigenvalue weighted by atomic mass is 10.00. The van der Waals surface area contributed by atoms with E-state index in [1.807, 2.05) is 0 Å². The molecule has 1 aromatic rings. The molecule has 16 heavy (non-hydrogen) atoms. The summed E-state index contributed by atoms with van der Waals surface area (Å²) in [6.07, 6.45) is 3.85. The molecule has 0 bridgehead atoms. The van der Waals surface area contributed by atoms with Crippen molar-refractivity contribution in [1.29, 1.82) is 0 Å². The second-order valence-corrected chi connectivity index (χ2v) is 5.13. The highest BCUT2D eigenvalue weighted by atomic mass is 35.5. The summed E-state index contributed by atoms with van der Waals surface area (Å²) in [5, 5.41) is 4.58. The van der Waals surface area contributed by atoms with Crippen LogP contribution in [0.1, 0.15) is 43.4 Å². The van der Waals surface area contributed by atoms with Crippen molar-refractivity contribution < 1.29 is 0 Å². The van der Waals surface area contributed by atoms with Crippen LogP contribution < -0.4 is 5.32 Å². The van der Waals surface area contributed by atoms with Crippen molar-refractivity contribution in [3.63, 3.8) is 0 Å². The molecule has 0 amide bonds. The molecule has 1 unspecified atom stereocenters. The Hall–Kier alpha value is -0.530. The number of nitrogens with one attached hydrogen (secondary N) is 1. The number of hydrogen-bond acceptors (Lipinski definition) is 1. The third-order valence-corrected chi connectivity index (χ3v) is 3.78. The van der Waals surface area contributed by atoms with Crippen LogP contribution in [-0.2, 0) is 0 Å². The predicted molar refractivity (Wildman–Crippen MR) is 69.9 cm³/mol. The van der Waals surface area contributed by atoms with E-state index < -0.39 is 0 Å². The Bertz CT molecular complexity index is 358. The van der Waals surface area contributed by atoms with Crippen molar-refractivity contribution in [1.82, 2.24) is 5.32 Å². The second kappa shape index (κ2) is 5.20. The van der Waals surface area contributed by atoms with E-state index in [0.717, 1.165) is 17.5 Å². The topological polar surface area (TPSA) is 12.0 Å². The summed E-state index contributed by atoms with van der Waals surface area (Å²) in [6, 6.07) is 6.82. The highest BCUT2D eigenvalue weighted by Gasteiger charge is 2.32. The number of aryl methyl sites for hydroxylation is 1. The first-order valence-electron chi connectivity index (χ1n) is 6.22. The first kappa shape index (κ1) is 11.9. The SMILES string of the molecule is CCCNC(c1cccc(C)c1Cl)C1CC1. The Kier molecular flexibility index (Phi) is 3.88. The molecule has 0 aromatic heterocycles. The average molecular weight is 238 g/mol. The summed E-state index contributed by atoms with van der Waals surface area (Å²) < 4.78 is 0. The third kappa shape index (κ3) is 2.58. The van der Waals surface area contributed by atoms with Crippen LogP contribution in [0.2, 0.25) is 5.02 Å². The normalized spacial score (nSPS) is 17.4. The monoisotopic (exact) mass is 237 g/mol. The van der Waals surface area contributed by atoms with E-state index in [1.165, 1.54) is 30.4 Å². The lowest BCUT2D eigenvalue weighted by Gasteiger charge is -2.20. The van der Waals surface area contributed by atoms with Crippen molar-refractivity contribution in [3.05, 3.63) is 34.3 Å². The fourth-order valence-corrected chi connectivity index (χ4v) is 2.41. The van der Waals surface area contributed by atoms with Gasteiger partial charge in [-0.1, -0.05) is 36.7 Å². The summed E-state index contributed by atoms with van der Waals surface area (Å²) in [6.45, 7) is 5.36. The number of hydrogen-bond donors (Lipinski definition) is 1. The minimum atomic E-state index is 0.465. The largest absolute Gasteiger partial charge is 0.310 e. The van der Waals surface area contributed by atoms with E-state index >= 15 is 0 Å². The van der Waals surface area contributed by atoms with Gasteiger partial charge in [0.25, 0.3) is 0 Å². The van der Waals surface area contributed by atoms with Crippen LogP contribution in [0.15, 0.2) is 18.2 Å². The van der Waals surface area contributed by atoms with Gasteiger partial charge in [-0.05, 0) is 49.8 Å². The van der Waals surface area contributed by atoms with Crippen LogP contribution in [0.3, 0.4) is 0 Å². The molecule has 1 N–H and O–H groups in total. The van der Waals surface area contributed by atoms with Gasteiger partial charge in [0.2, 0.25) is 0 Å². The molecule has 1 aromatic carbocycles. The van der Waals surface area contributed by atoms with Crippen LogP contribution in [0.25, 0.3) is 0 Å². The van der Waals surface area contributed by atoms with E-state index in [4.69, 9.17) is 11.6 Å². The molecule has 0 heterocycles. The Balaban J connectivity index is 2.20. The number of rotatable bonds is 5. The van der Waals surface area contributed by atoms with E-state index in [2.05, 4.69) is 37.4 Å². The molecule has 1 aliphatic carbocycles. The zero-order valence-corrected chi connectivity index (χ0v) is 10.8. The molecule has 1 atom stereocenters. The molecule has 1 saturated carbocycles. The van der Waals surface area contributed by atoms with Crippen LogP contribution in [0.4, 0.5) is 0 Å². The maximum atomic E-state index is 6.40. The fraction of sp³-hybridized carbons (Fsp3) is 0.571. The van der Waals surface area contributed by atoms with Crippen LogP contribution >= 0.6 is 11.6 Å². The minimum absolute atomic E-state index is 0.465. The maximum Gasteiger partial charge on any atom is 0.0483 e. The van der Waals surface area contributed by atoms with Gasteiger partial charge in [-0.2, -0.15) is 0 Å². The summed E-state index contributed by atoms with van der Waals surface area (Å²) in [7, 11) is 0. The van der Waals surface area contributed by atoms with Crippen molar-refractivity contribution in [2.24, 2.45) is 5.92 Å². The lowest BCUT2D eigenvalue weighted by Crippen LogP contribution is -2.24. The summed E-state index contributed by atoms with van der Waals surface area (Å²) in [4.78, 5) is 0. The van der Waals surface area contributed by atoms with E-state index in [1.54, 1.807) is 0 Å². The van der Waals surface area contributed by atoms with Gasteiger partial charge < -0.3 is 5.32 Å². The Morgan fingerprint density at radius 3 is 2.81 bits per heavy atom. The van der Waals surface area contributed by atoms with Gasteiger partial charge >= 0.3 is 0 Å². The molecule has 0 radical (unpaired) electrons. The second-order valence-electron chi connectivity index (χ2n) is 4.75. The molecular formula is C14H20ClN. The Morgan fingerprint density at radius 2 is 2.19 bits per heavy atom. The van der Waals surface area contributed by atoms with Gasteiger partial charge in [-0.25, -0.2) is 0 Å². The van der Waals surface area contributed by atoms with Crippen LogP contribution in [-0.4, -0.2) is 6.54 Å². The van der Waals surface area contributed by atoms with Crippen LogP contribution in [0, 0.1) is 12.8 Å². The number of halogens is 1. The van der Waals surface area contributed by atoms with Crippen molar-refractivity contribution in [3.8, 4) is 0 Å². The van der Waals surface area contributed by atoms with Gasteiger partial charge in [0.15, 0.2) is 0 Å². The first-order chi connectivity index (χ1) is 7.74. The van der Waals surface area contributed by atoms with E-state index in [9.17, 15) is 0 Å². The van der Waals surface area contributed by atoms with Crippen molar-refractivity contribution in [2.75, 3.05) is 6.54 Å². The van der Waals surface area contributed by atoms with Crippen molar-refractivity contribution >= 4 is 11.6 Å². The molecule has 0 aliphatic heterocycles. The van der Waals surface area contributed by atoms with Gasteiger partial charge in [0.05, 0.1) is 0 Å². The maximum absolute atomic E-state index is 6.40. The average Bonchev–Trinajstić information content (AvgIpc) is 3.08. The summed E-state index contributed by atoms with van der Waals surface area (Å²) in [5.41, 5.74) is 2.47. The molecular weight excluding hydrogens is 218 g/mol. The van der Waals surface area contributed by atoms with E-state index in [-0.39, 0.29) is 0 Å². The molecule has 0 spiro atoms. The van der Waals surface area contributed by atoms with Gasteiger partial charge in [0, 0.05) is 11.1 Å². The molecule has 1 nitrogen and oxygen atoms in total. The molecule has 1 fully saturated rings. The number of benzene rings is 1. The zero-order chi connectivity index (χ0) is 11.5. The highest BCUT2D eigenvalue weighted by Crippen LogP contribution is 2.43. The Labute approximate surface area is 103 Å². The molecule has 2 rings (SSSR count). The first-order valence-corrected chi connectivity index (χ1v) is 6.60. The summed E-state index contributed by atoms with van der Waals surface area (Å²) >= 11 is 6.40. The molecule has 2 heteroatoms.